The quantitative estimate of drug-likeness (QED) is 0.871. The average molecular weight is 340 g/mol. The highest BCUT2D eigenvalue weighted by Gasteiger charge is 2.33. The Labute approximate surface area is 116 Å². The Kier molecular flexibility index (Phi) is 4.84. The third kappa shape index (κ3) is 4.12. The molecule has 1 rings (SSSR count). The molecule has 1 aromatic rings. The van der Waals surface area contributed by atoms with Crippen molar-refractivity contribution in [2.24, 2.45) is 5.92 Å². The van der Waals surface area contributed by atoms with Crippen LogP contribution in [0.4, 0.5) is 18.9 Å². The van der Waals surface area contributed by atoms with Gasteiger partial charge in [-0.1, -0.05) is 15.9 Å². The van der Waals surface area contributed by atoms with E-state index in [1.165, 1.54) is 19.1 Å². The van der Waals surface area contributed by atoms with Crippen LogP contribution in [-0.2, 0) is 11.0 Å². The number of anilines is 1. The molecule has 0 aromatic heterocycles. The minimum Gasteiger partial charge on any atom is -0.481 e. The number of nitrogens with one attached hydrogen (secondary N) is 1. The van der Waals surface area contributed by atoms with E-state index < -0.39 is 29.7 Å². The lowest BCUT2D eigenvalue weighted by molar-refractivity contribution is -0.141. The third-order valence-corrected chi connectivity index (χ3v) is 3.50. The van der Waals surface area contributed by atoms with Gasteiger partial charge in [0.05, 0.1) is 11.5 Å². The summed E-state index contributed by atoms with van der Waals surface area (Å²) in [7, 11) is 0. The van der Waals surface area contributed by atoms with Crippen LogP contribution in [0.25, 0.3) is 0 Å². The molecule has 3 nitrogen and oxygen atoms in total. The second kappa shape index (κ2) is 5.81. The number of alkyl halides is 3. The predicted octanol–water partition coefficient (Wildman–Crippen LogP) is 3.99. The Hall–Kier alpha value is -1.24. The first-order chi connectivity index (χ1) is 8.62. The molecular formula is C12H13BrF3NO2. The molecule has 0 heterocycles. The van der Waals surface area contributed by atoms with Gasteiger partial charge in [0.15, 0.2) is 0 Å². The second-order valence-corrected chi connectivity index (χ2v) is 5.11. The molecule has 7 heteroatoms. The van der Waals surface area contributed by atoms with E-state index in [1.54, 1.807) is 6.92 Å². The van der Waals surface area contributed by atoms with E-state index in [1.807, 2.05) is 0 Å². The maximum Gasteiger partial charge on any atom is 0.417 e. The molecule has 1 aromatic carbocycles. The highest BCUT2D eigenvalue weighted by molar-refractivity contribution is 9.10. The van der Waals surface area contributed by atoms with Crippen LogP contribution in [-0.4, -0.2) is 17.1 Å². The van der Waals surface area contributed by atoms with Gasteiger partial charge >= 0.3 is 12.1 Å². The van der Waals surface area contributed by atoms with Crippen molar-refractivity contribution in [3.8, 4) is 0 Å². The molecule has 0 radical (unpaired) electrons. The fourth-order valence-electron chi connectivity index (χ4n) is 1.43. The predicted molar refractivity (Wildman–Crippen MR) is 69.0 cm³/mol. The first kappa shape index (κ1) is 15.8. The lowest BCUT2D eigenvalue weighted by Gasteiger charge is -2.20. The summed E-state index contributed by atoms with van der Waals surface area (Å²) >= 11 is 2.84. The molecule has 0 aliphatic rings. The van der Waals surface area contributed by atoms with E-state index in [2.05, 4.69) is 21.2 Å². The molecule has 19 heavy (non-hydrogen) atoms. The van der Waals surface area contributed by atoms with Crippen LogP contribution in [0.5, 0.6) is 0 Å². The van der Waals surface area contributed by atoms with Crippen molar-refractivity contribution in [2.75, 3.05) is 5.32 Å². The summed E-state index contributed by atoms with van der Waals surface area (Å²) in [6.45, 7) is 3.09. The van der Waals surface area contributed by atoms with Gasteiger partial charge in [-0.2, -0.15) is 13.2 Å². The second-order valence-electron chi connectivity index (χ2n) is 4.25. The van der Waals surface area contributed by atoms with Gasteiger partial charge in [-0.05, 0) is 32.0 Å². The molecule has 0 aliphatic carbocycles. The van der Waals surface area contributed by atoms with Gasteiger partial charge in [0, 0.05) is 16.2 Å². The summed E-state index contributed by atoms with van der Waals surface area (Å²) in [6, 6.07) is 3.21. The largest absolute Gasteiger partial charge is 0.481 e. The molecule has 2 atom stereocenters. The van der Waals surface area contributed by atoms with Crippen molar-refractivity contribution in [3.05, 3.63) is 28.2 Å². The number of carboxylic acids is 1. The fourth-order valence-corrected chi connectivity index (χ4v) is 1.91. The SMILES string of the molecule is CC(Nc1ccc(Br)c(C(F)(F)F)c1)C(C)C(=O)O. The Morgan fingerprint density at radius 2 is 1.95 bits per heavy atom. The Balaban J connectivity index is 2.95. The van der Waals surface area contributed by atoms with Crippen LogP contribution in [0.3, 0.4) is 0 Å². The number of benzene rings is 1. The first-order valence-corrected chi connectivity index (χ1v) is 6.28. The summed E-state index contributed by atoms with van der Waals surface area (Å²) in [5.74, 6) is -1.72. The summed E-state index contributed by atoms with van der Waals surface area (Å²) in [5.41, 5.74) is -0.566. The lowest BCUT2D eigenvalue weighted by Crippen LogP contribution is -2.29. The van der Waals surface area contributed by atoms with Gasteiger partial charge in [-0.3, -0.25) is 4.79 Å². The zero-order chi connectivity index (χ0) is 14.8. The van der Waals surface area contributed by atoms with Crippen molar-refractivity contribution >= 4 is 27.6 Å². The van der Waals surface area contributed by atoms with Crippen LogP contribution >= 0.6 is 15.9 Å². The highest BCUT2D eigenvalue weighted by atomic mass is 79.9. The number of halogens is 4. The van der Waals surface area contributed by atoms with E-state index >= 15 is 0 Å². The number of hydrogen-bond donors (Lipinski definition) is 2. The molecule has 0 bridgehead atoms. The molecule has 0 saturated carbocycles. The van der Waals surface area contributed by atoms with Gasteiger partial charge < -0.3 is 10.4 Å². The summed E-state index contributed by atoms with van der Waals surface area (Å²) < 4.78 is 38.1. The molecule has 2 unspecified atom stereocenters. The Morgan fingerprint density at radius 1 is 1.37 bits per heavy atom. The van der Waals surface area contributed by atoms with Crippen LogP contribution in [0.15, 0.2) is 22.7 Å². The molecule has 0 amide bonds. The van der Waals surface area contributed by atoms with Crippen LogP contribution in [0.1, 0.15) is 19.4 Å². The number of carboxylic acid groups (broad SMARTS) is 1. The van der Waals surface area contributed by atoms with Crippen molar-refractivity contribution in [3.63, 3.8) is 0 Å². The molecule has 0 saturated heterocycles. The number of hydrogen-bond acceptors (Lipinski definition) is 2. The monoisotopic (exact) mass is 339 g/mol. The van der Waals surface area contributed by atoms with E-state index in [9.17, 15) is 18.0 Å². The Morgan fingerprint density at radius 3 is 2.42 bits per heavy atom. The standard InChI is InChI=1S/C12H13BrF3NO2/c1-6(11(18)19)7(2)17-8-3-4-10(13)9(5-8)12(14,15)16/h3-7,17H,1-2H3,(H,18,19). The summed E-state index contributed by atoms with van der Waals surface area (Å²) in [5, 5.41) is 11.6. The van der Waals surface area contributed by atoms with Crippen molar-refractivity contribution in [2.45, 2.75) is 26.1 Å². The molecule has 106 valence electrons. The molecule has 2 N–H and O–H groups in total. The average Bonchev–Trinajstić information content (AvgIpc) is 2.28. The normalized spacial score (nSPS) is 14.8. The van der Waals surface area contributed by atoms with Crippen LogP contribution in [0.2, 0.25) is 0 Å². The maximum atomic E-state index is 12.7. The van der Waals surface area contributed by atoms with Crippen molar-refractivity contribution < 1.29 is 23.1 Å². The topological polar surface area (TPSA) is 49.3 Å². The molecule has 0 spiro atoms. The minimum atomic E-state index is -4.46. The maximum absolute atomic E-state index is 12.7. The number of aliphatic carboxylic acids is 1. The summed E-state index contributed by atoms with van der Waals surface area (Å²) in [6.07, 6.45) is -4.46. The van der Waals surface area contributed by atoms with Crippen LogP contribution < -0.4 is 5.32 Å². The third-order valence-electron chi connectivity index (χ3n) is 2.81. The van der Waals surface area contributed by atoms with Gasteiger partial charge in [0.1, 0.15) is 0 Å². The molecule has 0 aliphatic heterocycles. The van der Waals surface area contributed by atoms with Crippen LogP contribution in [0, 0.1) is 5.92 Å². The highest BCUT2D eigenvalue weighted by Crippen LogP contribution is 2.36. The number of rotatable bonds is 4. The Bertz CT molecular complexity index is 477. The first-order valence-electron chi connectivity index (χ1n) is 5.49. The van der Waals surface area contributed by atoms with Gasteiger partial charge in [-0.25, -0.2) is 0 Å². The molecule has 0 fully saturated rings. The van der Waals surface area contributed by atoms with Gasteiger partial charge in [0.2, 0.25) is 0 Å². The summed E-state index contributed by atoms with van der Waals surface area (Å²) in [4.78, 5) is 10.8. The smallest absolute Gasteiger partial charge is 0.417 e. The molecular weight excluding hydrogens is 327 g/mol. The zero-order valence-electron chi connectivity index (χ0n) is 10.3. The zero-order valence-corrected chi connectivity index (χ0v) is 11.8. The minimum absolute atomic E-state index is 0.0514. The van der Waals surface area contributed by atoms with Crippen molar-refractivity contribution in [1.82, 2.24) is 0 Å². The van der Waals surface area contributed by atoms with Crippen molar-refractivity contribution in [1.29, 1.82) is 0 Å². The number of carbonyl (C=O) groups is 1. The van der Waals surface area contributed by atoms with Gasteiger partial charge in [0.25, 0.3) is 0 Å². The lowest BCUT2D eigenvalue weighted by atomic mass is 10.0. The van der Waals surface area contributed by atoms with Gasteiger partial charge in [-0.15, -0.1) is 0 Å². The van der Waals surface area contributed by atoms with E-state index in [0.717, 1.165) is 6.07 Å². The van der Waals surface area contributed by atoms with E-state index in [-0.39, 0.29) is 10.2 Å². The van der Waals surface area contributed by atoms with E-state index in [4.69, 9.17) is 5.11 Å². The van der Waals surface area contributed by atoms with E-state index in [0.29, 0.717) is 0 Å². The fraction of sp³-hybridized carbons (Fsp3) is 0.417.